The van der Waals surface area contributed by atoms with E-state index >= 15 is 0 Å². The summed E-state index contributed by atoms with van der Waals surface area (Å²) >= 11 is 0. The third kappa shape index (κ3) is 1.87. The summed E-state index contributed by atoms with van der Waals surface area (Å²) in [5.41, 5.74) is 1.87. The SMILES string of the molecule is Cc1cc(=O)cc(C2CCC(C)O2)[nH]1. The highest BCUT2D eigenvalue weighted by Crippen LogP contribution is 2.30. The van der Waals surface area contributed by atoms with Crippen LogP contribution < -0.4 is 5.43 Å². The average Bonchev–Trinajstić information content (AvgIpc) is 2.50. The normalized spacial score (nSPS) is 26.7. The van der Waals surface area contributed by atoms with E-state index in [-0.39, 0.29) is 11.5 Å². The van der Waals surface area contributed by atoms with Crippen LogP contribution in [0.3, 0.4) is 0 Å². The highest BCUT2D eigenvalue weighted by Gasteiger charge is 2.23. The molecule has 2 unspecified atom stereocenters. The van der Waals surface area contributed by atoms with Crippen molar-refractivity contribution in [3.63, 3.8) is 0 Å². The molecule has 2 heterocycles. The van der Waals surface area contributed by atoms with Gasteiger partial charge in [-0.05, 0) is 26.7 Å². The molecule has 1 aliphatic rings. The van der Waals surface area contributed by atoms with E-state index in [1.54, 1.807) is 12.1 Å². The topological polar surface area (TPSA) is 42.1 Å². The van der Waals surface area contributed by atoms with Crippen LogP contribution in [0.1, 0.15) is 37.3 Å². The maximum Gasteiger partial charge on any atom is 0.182 e. The van der Waals surface area contributed by atoms with E-state index in [1.165, 1.54) is 0 Å². The van der Waals surface area contributed by atoms with Gasteiger partial charge in [-0.3, -0.25) is 4.79 Å². The number of rotatable bonds is 1. The third-order valence-electron chi connectivity index (χ3n) is 2.58. The molecular weight excluding hydrogens is 178 g/mol. The van der Waals surface area contributed by atoms with Crippen molar-refractivity contribution in [2.75, 3.05) is 0 Å². The first-order chi connectivity index (χ1) is 6.65. The molecule has 1 aliphatic heterocycles. The molecule has 14 heavy (non-hydrogen) atoms. The second-order valence-electron chi connectivity index (χ2n) is 3.97. The fourth-order valence-corrected chi connectivity index (χ4v) is 1.91. The molecule has 2 atom stereocenters. The minimum atomic E-state index is 0.0550. The Morgan fingerprint density at radius 3 is 2.79 bits per heavy atom. The van der Waals surface area contributed by atoms with Crippen molar-refractivity contribution in [1.82, 2.24) is 4.98 Å². The van der Waals surface area contributed by atoms with Crippen molar-refractivity contribution in [2.24, 2.45) is 0 Å². The van der Waals surface area contributed by atoms with Gasteiger partial charge in [0.05, 0.1) is 12.2 Å². The summed E-state index contributed by atoms with van der Waals surface area (Å²) in [5, 5.41) is 0. The summed E-state index contributed by atoms with van der Waals surface area (Å²) in [6, 6.07) is 3.23. The summed E-state index contributed by atoms with van der Waals surface area (Å²) in [5.74, 6) is 0. The van der Waals surface area contributed by atoms with Crippen LogP contribution in [-0.2, 0) is 4.74 Å². The Morgan fingerprint density at radius 2 is 2.21 bits per heavy atom. The Labute approximate surface area is 83.1 Å². The predicted molar refractivity (Wildman–Crippen MR) is 54.3 cm³/mol. The summed E-state index contributed by atoms with van der Waals surface area (Å²) in [6.07, 6.45) is 2.46. The van der Waals surface area contributed by atoms with Crippen molar-refractivity contribution in [1.29, 1.82) is 0 Å². The molecule has 1 saturated heterocycles. The summed E-state index contributed by atoms with van der Waals surface area (Å²) in [7, 11) is 0. The van der Waals surface area contributed by atoms with Crippen LogP contribution in [0.5, 0.6) is 0 Å². The highest BCUT2D eigenvalue weighted by molar-refractivity contribution is 5.13. The maximum atomic E-state index is 11.3. The fraction of sp³-hybridized carbons (Fsp3) is 0.545. The van der Waals surface area contributed by atoms with Gasteiger partial charge in [-0.2, -0.15) is 0 Å². The van der Waals surface area contributed by atoms with Gasteiger partial charge in [0.2, 0.25) is 0 Å². The number of hydrogen-bond acceptors (Lipinski definition) is 2. The van der Waals surface area contributed by atoms with E-state index in [4.69, 9.17) is 4.74 Å². The summed E-state index contributed by atoms with van der Waals surface area (Å²) < 4.78 is 5.69. The summed E-state index contributed by atoms with van der Waals surface area (Å²) in [4.78, 5) is 14.5. The van der Waals surface area contributed by atoms with Crippen LogP contribution >= 0.6 is 0 Å². The molecule has 0 saturated carbocycles. The zero-order valence-electron chi connectivity index (χ0n) is 8.54. The van der Waals surface area contributed by atoms with Crippen LogP contribution in [0.25, 0.3) is 0 Å². The van der Waals surface area contributed by atoms with Crippen molar-refractivity contribution in [3.8, 4) is 0 Å². The van der Waals surface area contributed by atoms with Gasteiger partial charge in [-0.1, -0.05) is 0 Å². The second-order valence-corrected chi connectivity index (χ2v) is 3.97. The predicted octanol–water partition coefficient (Wildman–Crippen LogP) is 1.92. The first-order valence-electron chi connectivity index (χ1n) is 5.01. The molecule has 1 fully saturated rings. The third-order valence-corrected chi connectivity index (χ3v) is 2.58. The Balaban J connectivity index is 2.28. The Hall–Kier alpha value is -1.09. The quantitative estimate of drug-likeness (QED) is 0.740. The van der Waals surface area contributed by atoms with E-state index in [2.05, 4.69) is 11.9 Å². The number of hydrogen-bond donors (Lipinski definition) is 1. The molecule has 76 valence electrons. The molecule has 0 aromatic carbocycles. The van der Waals surface area contributed by atoms with Crippen molar-refractivity contribution in [2.45, 2.75) is 38.9 Å². The van der Waals surface area contributed by atoms with E-state index in [1.807, 2.05) is 6.92 Å². The number of aromatic amines is 1. The van der Waals surface area contributed by atoms with Gasteiger partial charge in [-0.25, -0.2) is 0 Å². The van der Waals surface area contributed by atoms with Gasteiger partial charge in [0.25, 0.3) is 0 Å². The molecule has 1 aromatic rings. The molecule has 0 spiro atoms. The number of ether oxygens (including phenoxy) is 1. The molecule has 0 aliphatic carbocycles. The molecule has 0 bridgehead atoms. The number of aryl methyl sites for hydroxylation is 1. The molecule has 2 rings (SSSR count). The fourth-order valence-electron chi connectivity index (χ4n) is 1.91. The zero-order valence-corrected chi connectivity index (χ0v) is 8.54. The van der Waals surface area contributed by atoms with Crippen LogP contribution in [0.4, 0.5) is 0 Å². The molecule has 3 heteroatoms. The largest absolute Gasteiger partial charge is 0.369 e. The van der Waals surface area contributed by atoms with Crippen LogP contribution in [0.15, 0.2) is 16.9 Å². The highest BCUT2D eigenvalue weighted by atomic mass is 16.5. The lowest BCUT2D eigenvalue weighted by Gasteiger charge is -2.11. The van der Waals surface area contributed by atoms with Crippen molar-refractivity contribution in [3.05, 3.63) is 33.7 Å². The average molecular weight is 193 g/mol. The van der Waals surface area contributed by atoms with Crippen LogP contribution in [-0.4, -0.2) is 11.1 Å². The van der Waals surface area contributed by atoms with Gasteiger partial charge in [0, 0.05) is 23.5 Å². The van der Waals surface area contributed by atoms with Gasteiger partial charge in [0.1, 0.15) is 0 Å². The molecule has 0 radical (unpaired) electrons. The van der Waals surface area contributed by atoms with E-state index in [0.717, 1.165) is 24.2 Å². The van der Waals surface area contributed by atoms with Crippen LogP contribution in [0.2, 0.25) is 0 Å². The lowest BCUT2D eigenvalue weighted by molar-refractivity contribution is 0.0529. The minimum absolute atomic E-state index is 0.0550. The lowest BCUT2D eigenvalue weighted by Crippen LogP contribution is -2.09. The minimum Gasteiger partial charge on any atom is -0.369 e. The molecule has 0 amide bonds. The first kappa shape index (κ1) is 9.46. The number of nitrogens with one attached hydrogen (secondary N) is 1. The maximum absolute atomic E-state index is 11.3. The molecule has 3 nitrogen and oxygen atoms in total. The van der Waals surface area contributed by atoms with Gasteiger partial charge in [0.15, 0.2) is 5.43 Å². The van der Waals surface area contributed by atoms with E-state index in [9.17, 15) is 4.79 Å². The van der Waals surface area contributed by atoms with Gasteiger partial charge >= 0.3 is 0 Å². The second kappa shape index (κ2) is 3.58. The number of pyridine rings is 1. The monoisotopic (exact) mass is 193 g/mol. The van der Waals surface area contributed by atoms with Gasteiger partial charge in [-0.15, -0.1) is 0 Å². The molecule has 1 N–H and O–H groups in total. The number of aromatic nitrogens is 1. The summed E-state index contributed by atoms with van der Waals surface area (Å²) in [6.45, 7) is 3.96. The smallest absolute Gasteiger partial charge is 0.182 e. The van der Waals surface area contributed by atoms with Crippen molar-refractivity contribution >= 4 is 0 Å². The Bertz CT molecular complexity index is 383. The number of H-pyrrole nitrogens is 1. The Kier molecular flexibility index (Phi) is 2.42. The standard InChI is InChI=1S/C11H15NO2/c1-7-5-9(13)6-10(12-7)11-4-3-8(2)14-11/h5-6,8,11H,3-4H2,1-2H3,(H,12,13). The molecular formula is C11H15NO2. The Morgan fingerprint density at radius 1 is 1.43 bits per heavy atom. The van der Waals surface area contributed by atoms with Gasteiger partial charge < -0.3 is 9.72 Å². The molecule has 1 aromatic heterocycles. The lowest BCUT2D eigenvalue weighted by atomic mass is 10.1. The zero-order chi connectivity index (χ0) is 10.1. The first-order valence-corrected chi connectivity index (χ1v) is 5.01. The van der Waals surface area contributed by atoms with E-state index < -0.39 is 0 Å². The van der Waals surface area contributed by atoms with E-state index in [0.29, 0.717) is 6.10 Å². The van der Waals surface area contributed by atoms with Crippen LogP contribution in [0, 0.1) is 6.92 Å². The van der Waals surface area contributed by atoms with Crippen molar-refractivity contribution < 1.29 is 4.74 Å².